The minimum Gasteiger partial charge on any atom is -0.439 e. The smallest absolute Gasteiger partial charge is 0.193 e. The van der Waals surface area contributed by atoms with Crippen molar-refractivity contribution in [2.24, 2.45) is 5.73 Å². The lowest BCUT2D eigenvalue weighted by molar-refractivity contribution is 0.446. The number of anilines is 1. The van der Waals surface area contributed by atoms with Crippen LogP contribution in [0.3, 0.4) is 0 Å². The maximum absolute atomic E-state index is 8.77. The van der Waals surface area contributed by atoms with E-state index in [1.54, 1.807) is 0 Å². The Kier molecular flexibility index (Phi) is 3.58. The van der Waals surface area contributed by atoms with E-state index >= 15 is 0 Å². The van der Waals surface area contributed by atoms with Crippen molar-refractivity contribution in [2.45, 2.75) is 12.5 Å². The molecule has 0 radical (unpaired) electrons. The van der Waals surface area contributed by atoms with Crippen LogP contribution in [-0.2, 0) is 6.42 Å². The van der Waals surface area contributed by atoms with Crippen LogP contribution in [0.1, 0.15) is 5.56 Å². The topological polar surface area (TPSA) is 62.3 Å². The maximum Gasteiger partial charge on any atom is 0.193 e. The Labute approximate surface area is 130 Å². The molecule has 0 aliphatic carbocycles. The Balaban J connectivity index is 1.87. The summed E-state index contributed by atoms with van der Waals surface area (Å²) in [6.45, 7) is 3.87. The highest BCUT2D eigenvalue weighted by Gasteiger charge is 2.21. The summed E-state index contributed by atoms with van der Waals surface area (Å²) in [5.74, 6) is 1.46. The highest BCUT2D eigenvalue weighted by Crippen LogP contribution is 2.39. The molecule has 2 N–H and O–H groups in total. The van der Waals surface area contributed by atoms with Crippen LogP contribution in [0.2, 0.25) is 0 Å². The van der Waals surface area contributed by atoms with Crippen molar-refractivity contribution < 1.29 is 4.74 Å². The SMILES string of the molecule is C=C1Oc2ccc(-c3ccc(C[C@H](N)C#N)cc3)cc2N1C. The van der Waals surface area contributed by atoms with Crippen LogP contribution in [-0.4, -0.2) is 13.1 Å². The predicted octanol–water partition coefficient (Wildman–Crippen LogP) is 3.05. The maximum atomic E-state index is 8.77. The van der Waals surface area contributed by atoms with Gasteiger partial charge in [0.05, 0.1) is 17.8 Å². The van der Waals surface area contributed by atoms with Gasteiger partial charge in [-0.05, 0) is 35.4 Å². The Bertz CT molecular complexity index is 759. The van der Waals surface area contributed by atoms with Gasteiger partial charge in [0.15, 0.2) is 11.6 Å². The van der Waals surface area contributed by atoms with E-state index in [1.807, 2.05) is 54.4 Å². The molecule has 0 spiro atoms. The van der Waals surface area contributed by atoms with Crippen molar-refractivity contribution in [1.82, 2.24) is 0 Å². The summed E-state index contributed by atoms with van der Waals surface area (Å²) in [7, 11) is 1.93. The van der Waals surface area contributed by atoms with Crippen molar-refractivity contribution in [2.75, 3.05) is 11.9 Å². The molecule has 0 saturated heterocycles. The van der Waals surface area contributed by atoms with Crippen LogP contribution in [0.5, 0.6) is 5.75 Å². The van der Waals surface area contributed by atoms with Gasteiger partial charge in [-0.1, -0.05) is 30.3 Å². The molecule has 0 aromatic heterocycles. The van der Waals surface area contributed by atoms with Crippen molar-refractivity contribution >= 4 is 5.69 Å². The standard InChI is InChI=1S/C18H17N3O/c1-12-21(2)17-10-15(7-8-18(17)22-12)14-5-3-13(4-6-14)9-16(20)11-19/h3-8,10,16H,1,9,20H2,2H3/t16-/m0/s1. The molecule has 110 valence electrons. The van der Waals surface area contributed by atoms with Gasteiger partial charge >= 0.3 is 0 Å². The molecule has 2 aromatic rings. The monoisotopic (exact) mass is 291 g/mol. The first-order valence-corrected chi connectivity index (χ1v) is 7.07. The van der Waals surface area contributed by atoms with Crippen molar-refractivity contribution in [3.8, 4) is 22.9 Å². The third kappa shape index (κ3) is 2.54. The molecule has 0 bridgehead atoms. The summed E-state index contributed by atoms with van der Waals surface area (Å²) in [5.41, 5.74) is 9.96. The molecule has 3 rings (SSSR count). The van der Waals surface area contributed by atoms with Crippen LogP contribution < -0.4 is 15.4 Å². The second-order valence-corrected chi connectivity index (χ2v) is 5.37. The first kappa shape index (κ1) is 14.2. The molecule has 4 nitrogen and oxygen atoms in total. The highest BCUT2D eigenvalue weighted by atomic mass is 16.5. The first-order valence-electron chi connectivity index (χ1n) is 7.07. The quantitative estimate of drug-likeness (QED) is 0.944. The van der Waals surface area contributed by atoms with E-state index < -0.39 is 6.04 Å². The Morgan fingerprint density at radius 2 is 1.91 bits per heavy atom. The summed E-state index contributed by atoms with van der Waals surface area (Å²) >= 11 is 0. The van der Waals surface area contributed by atoms with Crippen LogP contribution in [0.25, 0.3) is 11.1 Å². The Morgan fingerprint density at radius 1 is 1.23 bits per heavy atom. The Hall–Kier alpha value is -2.77. The summed E-state index contributed by atoms with van der Waals surface area (Å²) in [6, 6.07) is 15.8. The minimum absolute atomic E-state index is 0.456. The lowest BCUT2D eigenvalue weighted by Gasteiger charge is -2.11. The zero-order chi connectivity index (χ0) is 15.7. The first-order chi connectivity index (χ1) is 10.6. The van der Waals surface area contributed by atoms with E-state index in [9.17, 15) is 0 Å². The number of benzene rings is 2. The lowest BCUT2D eigenvalue weighted by Crippen LogP contribution is -2.19. The molecule has 0 amide bonds. The zero-order valence-corrected chi connectivity index (χ0v) is 12.4. The van der Waals surface area contributed by atoms with Crippen LogP contribution in [0.15, 0.2) is 54.9 Å². The van der Waals surface area contributed by atoms with Gasteiger partial charge in [-0.3, -0.25) is 0 Å². The second-order valence-electron chi connectivity index (χ2n) is 5.37. The normalized spacial score (nSPS) is 14.2. The lowest BCUT2D eigenvalue weighted by atomic mass is 10.0. The summed E-state index contributed by atoms with van der Waals surface area (Å²) in [5, 5.41) is 8.77. The molecular formula is C18H17N3O. The van der Waals surface area contributed by atoms with Gasteiger partial charge in [0.2, 0.25) is 0 Å². The van der Waals surface area contributed by atoms with Gasteiger partial charge in [0.25, 0.3) is 0 Å². The number of fused-ring (bicyclic) bond motifs is 1. The van der Waals surface area contributed by atoms with E-state index in [0.717, 1.165) is 28.1 Å². The van der Waals surface area contributed by atoms with Crippen LogP contribution >= 0.6 is 0 Å². The number of ether oxygens (including phenoxy) is 1. The van der Waals surface area contributed by atoms with Crippen LogP contribution in [0.4, 0.5) is 5.69 Å². The second kappa shape index (κ2) is 5.55. The molecule has 1 atom stereocenters. The Morgan fingerprint density at radius 3 is 2.59 bits per heavy atom. The summed E-state index contributed by atoms with van der Waals surface area (Å²) < 4.78 is 5.57. The third-order valence-corrected chi connectivity index (χ3v) is 3.83. The number of hydrogen-bond donors (Lipinski definition) is 1. The van der Waals surface area contributed by atoms with E-state index in [0.29, 0.717) is 12.3 Å². The molecule has 22 heavy (non-hydrogen) atoms. The van der Waals surface area contributed by atoms with Crippen molar-refractivity contribution in [3.63, 3.8) is 0 Å². The number of hydrogen-bond acceptors (Lipinski definition) is 4. The predicted molar refractivity (Wildman–Crippen MR) is 87.3 cm³/mol. The van der Waals surface area contributed by atoms with E-state index in [1.165, 1.54) is 0 Å². The average Bonchev–Trinajstić information content (AvgIpc) is 2.82. The molecule has 0 unspecified atom stereocenters. The third-order valence-electron chi connectivity index (χ3n) is 3.83. The number of rotatable bonds is 3. The van der Waals surface area contributed by atoms with E-state index in [4.69, 9.17) is 15.7 Å². The highest BCUT2D eigenvalue weighted by molar-refractivity contribution is 5.75. The van der Waals surface area contributed by atoms with Crippen molar-refractivity contribution in [1.29, 1.82) is 5.26 Å². The zero-order valence-electron chi connectivity index (χ0n) is 12.4. The summed E-state index contributed by atoms with van der Waals surface area (Å²) in [4.78, 5) is 1.93. The van der Waals surface area contributed by atoms with Gasteiger partial charge in [-0.2, -0.15) is 5.26 Å². The summed E-state index contributed by atoms with van der Waals surface area (Å²) in [6.07, 6.45) is 0.567. The number of nitrogens with zero attached hydrogens (tertiary/aromatic N) is 2. The fourth-order valence-corrected chi connectivity index (χ4v) is 2.51. The minimum atomic E-state index is -0.456. The molecule has 1 aliphatic heterocycles. The molecule has 2 aromatic carbocycles. The average molecular weight is 291 g/mol. The fraction of sp³-hybridized carbons (Fsp3) is 0.167. The largest absolute Gasteiger partial charge is 0.439 e. The fourth-order valence-electron chi connectivity index (χ4n) is 2.51. The molecular weight excluding hydrogens is 274 g/mol. The molecule has 0 saturated carbocycles. The molecule has 4 heteroatoms. The van der Waals surface area contributed by atoms with Gasteiger partial charge < -0.3 is 15.4 Å². The van der Waals surface area contributed by atoms with Gasteiger partial charge in [-0.25, -0.2) is 0 Å². The van der Waals surface area contributed by atoms with Gasteiger partial charge in [0.1, 0.15) is 0 Å². The molecule has 1 heterocycles. The number of nitrogens with two attached hydrogens (primary N) is 1. The van der Waals surface area contributed by atoms with Gasteiger partial charge in [-0.15, -0.1) is 0 Å². The molecule has 0 fully saturated rings. The van der Waals surface area contributed by atoms with Crippen LogP contribution in [0, 0.1) is 11.3 Å². The molecule has 1 aliphatic rings. The van der Waals surface area contributed by atoms with E-state index in [2.05, 4.69) is 12.6 Å². The van der Waals surface area contributed by atoms with Gasteiger partial charge in [0, 0.05) is 13.5 Å². The van der Waals surface area contributed by atoms with E-state index in [-0.39, 0.29) is 0 Å². The van der Waals surface area contributed by atoms with Crippen molar-refractivity contribution in [3.05, 3.63) is 60.5 Å². The number of nitriles is 1.